The fraction of sp³-hybridized carbons (Fsp3) is 0.500. The van der Waals surface area contributed by atoms with Crippen molar-refractivity contribution in [2.24, 2.45) is 0 Å². The minimum atomic E-state index is -3.48. The molecule has 108 valence electrons. The second kappa shape index (κ2) is 6.23. The highest BCUT2D eigenvalue weighted by atomic mass is 32.2. The maximum Gasteiger partial charge on any atom is 0.242 e. The Hall–Kier alpha value is -1.31. The Balaban J connectivity index is 2.92. The van der Waals surface area contributed by atoms with Gasteiger partial charge in [-0.3, -0.25) is 0 Å². The monoisotopic (exact) mass is 287 g/mol. The van der Waals surface area contributed by atoms with Crippen molar-refractivity contribution in [2.45, 2.75) is 24.3 Å². The average Bonchev–Trinajstić information content (AvgIpc) is 2.36. The van der Waals surface area contributed by atoms with Gasteiger partial charge in [-0.1, -0.05) is 6.92 Å². The molecule has 1 aromatic carbocycles. The summed E-state index contributed by atoms with van der Waals surface area (Å²) in [5.74, 6) is 0. The highest BCUT2D eigenvalue weighted by molar-refractivity contribution is 7.89. The molecule has 1 rings (SSSR count). The van der Waals surface area contributed by atoms with E-state index in [1.54, 1.807) is 6.07 Å². The highest BCUT2D eigenvalue weighted by Crippen LogP contribution is 2.23. The molecule has 1 aromatic rings. The predicted molar refractivity (Wildman–Crippen MR) is 76.5 cm³/mol. The van der Waals surface area contributed by atoms with Gasteiger partial charge >= 0.3 is 0 Å². The number of sulfonamides is 1. The smallest absolute Gasteiger partial charge is 0.242 e. The standard InChI is InChI=1S/C12H21N3O3S/c1-4-9(16)8-14-12-6-5-10(7-11(12)13)19(17,18)15(2)3/h5-7,9,14,16H,4,8,13H2,1-3H3. The number of benzene rings is 1. The molecule has 0 spiro atoms. The SMILES string of the molecule is CCC(O)CNc1ccc(S(=O)(=O)N(C)C)cc1N. The first-order valence-electron chi connectivity index (χ1n) is 6.03. The third kappa shape index (κ3) is 3.82. The average molecular weight is 287 g/mol. The van der Waals surface area contributed by atoms with Crippen molar-refractivity contribution in [3.05, 3.63) is 18.2 Å². The van der Waals surface area contributed by atoms with Crippen LogP contribution in [0.25, 0.3) is 0 Å². The molecule has 0 aromatic heterocycles. The number of anilines is 2. The fourth-order valence-electron chi connectivity index (χ4n) is 1.45. The lowest BCUT2D eigenvalue weighted by Gasteiger charge is -2.15. The molecule has 0 radical (unpaired) electrons. The lowest BCUT2D eigenvalue weighted by molar-refractivity contribution is 0.183. The van der Waals surface area contributed by atoms with Crippen molar-refractivity contribution in [1.29, 1.82) is 0 Å². The fourth-order valence-corrected chi connectivity index (χ4v) is 2.38. The normalized spacial score (nSPS) is 13.5. The summed E-state index contributed by atoms with van der Waals surface area (Å²) in [6, 6.07) is 4.51. The molecule has 0 aliphatic heterocycles. The number of nitrogens with zero attached hydrogens (tertiary/aromatic N) is 1. The van der Waals surface area contributed by atoms with Gasteiger partial charge in [-0.25, -0.2) is 12.7 Å². The minimum Gasteiger partial charge on any atom is -0.397 e. The quantitative estimate of drug-likeness (QED) is 0.669. The van der Waals surface area contributed by atoms with Gasteiger partial charge in [0.1, 0.15) is 0 Å². The largest absolute Gasteiger partial charge is 0.397 e. The second-order valence-corrected chi connectivity index (χ2v) is 6.63. The first-order valence-corrected chi connectivity index (χ1v) is 7.47. The molecular weight excluding hydrogens is 266 g/mol. The van der Waals surface area contributed by atoms with Crippen LogP contribution >= 0.6 is 0 Å². The van der Waals surface area contributed by atoms with Gasteiger partial charge in [-0.05, 0) is 24.6 Å². The molecule has 19 heavy (non-hydrogen) atoms. The Morgan fingerprint density at radius 2 is 2.05 bits per heavy atom. The molecule has 0 fully saturated rings. The molecule has 0 aliphatic carbocycles. The van der Waals surface area contributed by atoms with Gasteiger partial charge in [0.15, 0.2) is 0 Å². The summed E-state index contributed by atoms with van der Waals surface area (Å²) in [6.07, 6.45) is 0.185. The third-order valence-electron chi connectivity index (χ3n) is 2.80. The number of hydrogen-bond donors (Lipinski definition) is 3. The van der Waals surface area contributed by atoms with Crippen LogP contribution in [0, 0.1) is 0 Å². The van der Waals surface area contributed by atoms with E-state index in [-0.39, 0.29) is 4.90 Å². The van der Waals surface area contributed by atoms with E-state index in [0.717, 1.165) is 4.31 Å². The highest BCUT2D eigenvalue weighted by Gasteiger charge is 2.18. The molecule has 0 heterocycles. The summed E-state index contributed by atoms with van der Waals surface area (Å²) in [6.45, 7) is 2.25. The van der Waals surface area contributed by atoms with Crippen LogP contribution in [0.2, 0.25) is 0 Å². The maximum absolute atomic E-state index is 11.9. The number of aliphatic hydroxyl groups is 1. The molecule has 0 amide bonds. The van der Waals surface area contributed by atoms with Gasteiger partial charge in [0, 0.05) is 20.6 Å². The Bertz CT molecular complexity index is 529. The van der Waals surface area contributed by atoms with Crippen molar-refractivity contribution >= 4 is 21.4 Å². The van der Waals surface area contributed by atoms with Gasteiger partial charge in [-0.15, -0.1) is 0 Å². The first kappa shape index (κ1) is 15.7. The second-order valence-electron chi connectivity index (χ2n) is 4.48. The lowest BCUT2D eigenvalue weighted by atomic mass is 10.2. The van der Waals surface area contributed by atoms with E-state index in [0.29, 0.717) is 24.3 Å². The Labute approximate surface area is 114 Å². The topological polar surface area (TPSA) is 95.7 Å². The number of nitrogens with one attached hydrogen (secondary N) is 1. The van der Waals surface area contributed by atoms with Crippen LogP contribution < -0.4 is 11.1 Å². The molecule has 6 nitrogen and oxygen atoms in total. The molecule has 0 aliphatic rings. The van der Waals surface area contributed by atoms with E-state index >= 15 is 0 Å². The molecule has 0 bridgehead atoms. The van der Waals surface area contributed by atoms with Gasteiger partial charge in [-0.2, -0.15) is 0 Å². The van der Waals surface area contributed by atoms with E-state index in [9.17, 15) is 13.5 Å². The number of aliphatic hydroxyl groups excluding tert-OH is 1. The van der Waals surface area contributed by atoms with E-state index in [2.05, 4.69) is 5.32 Å². The van der Waals surface area contributed by atoms with Gasteiger partial charge in [0.25, 0.3) is 0 Å². The van der Waals surface area contributed by atoms with Crippen molar-refractivity contribution in [1.82, 2.24) is 4.31 Å². The first-order chi connectivity index (χ1) is 8.78. The summed E-state index contributed by atoms with van der Waals surface area (Å²) in [5.41, 5.74) is 6.77. The van der Waals surface area contributed by atoms with Gasteiger partial charge < -0.3 is 16.2 Å². The zero-order valence-electron chi connectivity index (χ0n) is 11.4. The summed E-state index contributed by atoms with van der Waals surface area (Å²) < 4.78 is 25.0. The molecule has 7 heteroatoms. The Kier molecular flexibility index (Phi) is 5.16. The Morgan fingerprint density at radius 3 is 2.53 bits per heavy atom. The van der Waals surface area contributed by atoms with Crippen LogP contribution in [-0.4, -0.2) is 44.6 Å². The number of nitrogen functional groups attached to an aromatic ring is 1. The summed E-state index contributed by atoms with van der Waals surface area (Å²) in [4.78, 5) is 0.150. The van der Waals surface area contributed by atoms with E-state index in [1.807, 2.05) is 6.92 Å². The van der Waals surface area contributed by atoms with Crippen LogP contribution in [0.1, 0.15) is 13.3 Å². The van der Waals surface area contributed by atoms with E-state index in [1.165, 1.54) is 26.2 Å². The number of nitrogens with two attached hydrogens (primary N) is 1. The van der Waals surface area contributed by atoms with Crippen LogP contribution in [0.3, 0.4) is 0 Å². The molecule has 1 unspecified atom stereocenters. The van der Waals surface area contributed by atoms with Gasteiger partial charge in [0.2, 0.25) is 10.0 Å². The number of rotatable bonds is 6. The van der Waals surface area contributed by atoms with Crippen LogP contribution in [-0.2, 0) is 10.0 Å². The molecule has 1 atom stereocenters. The third-order valence-corrected chi connectivity index (χ3v) is 4.61. The van der Waals surface area contributed by atoms with Crippen LogP contribution in [0.5, 0.6) is 0 Å². The van der Waals surface area contributed by atoms with E-state index in [4.69, 9.17) is 5.73 Å². The molecule has 0 saturated carbocycles. The summed E-state index contributed by atoms with van der Waals surface area (Å²) in [7, 11) is -0.541. The van der Waals surface area contributed by atoms with E-state index < -0.39 is 16.1 Å². The van der Waals surface area contributed by atoms with Crippen molar-refractivity contribution in [3.63, 3.8) is 0 Å². The van der Waals surface area contributed by atoms with Crippen LogP contribution in [0.4, 0.5) is 11.4 Å². The van der Waals surface area contributed by atoms with Crippen LogP contribution in [0.15, 0.2) is 23.1 Å². The lowest BCUT2D eigenvalue weighted by Crippen LogP contribution is -2.22. The molecular formula is C12H21N3O3S. The zero-order chi connectivity index (χ0) is 14.6. The van der Waals surface area contributed by atoms with Crippen molar-refractivity contribution in [3.8, 4) is 0 Å². The van der Waals surface area contributed by atoms with Crippen molar-refractivity contribution in [2.75, 3.05) is 31.7 Å². The number of hydrogen-bond acceptors (Lipinski definition) is 5. The Morgan fingerprint density at radius 1 is 1.42 bits per heavy atom. The summed E-state index contributed by atoms with van der Waals surface area (Å²) >= 11 is 0. The zero-order valence-corrected chi connectivity index (χ0v) is 12.2. The van der Waals surface area contributed by atoms with Gasteiger partial charge in [0.05, 0.1) is 22.4 Å². The molecule has 0 saturated heterocycles. The summed E-state index contributed by atoms with van der Waals surface area (Å²) in [5, 5.41) is 12.4. The predicted octanol–water partition coefficient (Wildman–Crippen LogP) is 0.702. The van der Waals surface area contributed by atoms with Crippen molar-refractivity contribution < 1.29 is 13.5 Å². The minimum absolute atomic E-state index is 0.150. The molecule has 4 N–H and O–H groups in total. The maximum atomic E-state index is 11.9.